The summed E-state index contributed by atoms with van der Waals surface area (Å²) in [6, 6.07) is 12.2. The van der Waals surface area contributed by atoms with Gasteiger partial charge in [-0.05, 0) is 56.1 Å². The number of methoxy groups -OCH3 is 1. The number of nitrogens with zero attached hydrogens (tertiary/aromatic N) is 3. The van der Waals surface area contributed by atoms with Crippen molar-refractivity contribution in [3.05, 3.63) is 42.0 Å². The highest BCUT2D eigenvalue weighted by molar-refractivity contribution is 5.95. The summed E-state index contributed by atoms with van der Waals surface area (Å²) in [7, 11) is 1.71. The maximum Gasteiger partial charge on any atom is 0.265 e. The molecule has 1 amide bonds. The Labute approximate surface area is 220 Å². The van der Waals surface area contributed by atoms with Crippen LogP contribution < -0.4 is 24.6 Å². The molecule has 0 spiro atoms. The molecule has 2 aromatic carbocycles. The average molecular weight is 509 g/mol. The fourth-order valence-electron chi connectivity index (χ4n) is 5.38. The van der Waals surface area contributed by atoms with Crippen LogP contribution in [0.15, 0.2) is 36.4 Å². The number of amides is 1. The lowest BCUT2D eigenvalue weighted by atomic mass is 9.99. The van der Waals surface area contributed by atoms with Gasteiger partial charge in [0.05, 0.1) is 26.0 Å². The SMILES string of the molecule is CCCCN1CCN(c2cc(OC)cc3c2OC(C(=O)Nc2ccc(N4CCOCC4)cc2)CC3)CC1. The Bertz CT molecular complexity index is 1050. The fourth-order valence-corrected chi connectivity index (χ4v) is 5.38. The third-order valence-electron chi connectivity index (χ3n) is 7.64. The van der Waals surface area contributed by atoms with Gasteiger partial charge in [-0.15, -0.1) is 0 Å². The Balaban J connectivity index is 1.25. The summed E-state index contributed by atoms with van der Waals surface area (Å²) in [6.07, 6.45) is 3.36. The van der Waals surface area contributed by atoms with Gasteiger partial charge in [0, 0.05) is 62.3 Å². The first-order valence-corrected chi connectivity index (χ1v) is 13.7. The fraction of sp³-hybridized carbons (Fsp3) is 0.552. The van der Waals surface area contributed by atoms with Gasteiger partial charge in [-0.2, -0.15) is 0 Å². The van der Waals surface area contributed by atoms with Crippen LogP contribution in [0.3, 0.4) is 0 Å². The molecule has 8 nitrogen and oxygen atoms in total. The first-order valence-electron chi connectivity index (χ1n) is 13.7. The molecule has 200 valence electrons. The van der Waals surface area contributed by atoms with E-state index in [2.05, 4.69) is 51.2 Å². The van der Waals surface area contributed by atoms with Crippen molar-refractivity contribution < 1.29 is 19.0 Å². The third kappa shape index (κ3) is 6.13. The van der Waals surface area contributed by atoms with Gasteiger partial charge in [0.1, 0.15) is 11.5 Å². The number of ether oxygens (including phenoxy) is 3. The molecule has 0 bridgehead atoms. The Morgan fingerprint density at radius 3 is 2.49 bits per heavy atom. The quantitative estimate of drug-likeness (QED) is 0.582. The van der Waals surface area contributed by atoms with Crippen LogP contribution in [0.1, 0.15) is 31.7 Å². The van der Waals surface area contributed by atoms with Crippen molar-refractivity contribution in [3.8, 4) is 11.5 Å². The van der Waals surface area contributed by atoms with E-state index in [4.69, 9.17) is 14.2 Å². The summed E-state index contributed by atoms with van der Waals surface area (Å²) < 4.78 is 17.5. The topological polar surface area (TPSA) is 66.5 Å². The summed E-state index contributed by atoms with van der Waals surface area (Å²) in [5.74, 6) is 1.57. The highest BCUT2D eigenvalue weighted by Gasteiger charge is 2.31. The first-order chi connectivity index (χ1) is 18.1. The number of piperazine rings is 1. The van der Waals surface area contributed by atoms with Crippen molar-refractivity contribution in [2.24, 2.45) is 0 Å². The van der Waals surface area contributed by atoms with Gasteiger partial charge in [0.15, 0.2) is 6.10 Å². The molecule has 5 rings (SSSR count). The summed E-state index contributed by atoms with van der Waals surface area (Å²) >= 11 is 0. The van der Waals surface area contributed by atoms with Crippen molar-refractivity contribution >= 4 is 23.0 Å². The average Bonchev–Trinajstić information content (AvgIpc) is 2.96. The largest absolute Gasteiger partial charge is 0.497 e. The number of fused-ring (bicyclic) bond motifs is 1. The van der Waals surface area contributed by atoms with E-state index in [0.29, 0.717) is 6.42 Å². The van der Waals surface area contributed by atoms with Gasteiger partial charge >= 0.3 is 0 Å². The van der Waals surface area contributed by atoms with E-state index in [1.54, 1.807) is 7.11 Å². The zero-order chi connectivity index (χ0) is 25.6. The van der Waals surface area contributed by atoms with Crippen molar-refractivity contribution in [3.63, 3.8) is 0 Å². The molecule has 2 aromatic rings. The predicted molar refractivity (Wildman–Crippen MR) is 147 cm³/mol. The van der Waals surface area contributed by atoms with E-state index >= 15 is 0 Å². The molecule has 2 fully saturated rings. The molecule has 1 N–H and O–H groups in total. The summed E-state index contributed by atoms with van der Waals surface area (Å²) in [5, 5.41) is 3.07. The minimum Gasteiger partial charge on any atom is -0.497 e. The molecule has 0 aliphatic carbocycles. The zero-order valence-corrected chi connectivity index (χ0v) is 22.2. The van der Waals surface area contributed by atoms with E-state index in [-0.39, 0.29) is 5.91 Å². The van der Waals surface area contributed by atoms with Crippen LogP contribution in [0.5, 0.6) is 11.5 Å². The second kappa shape index (κ2) is 12.0. The highest BCUT2D eigenvalue weighted by Crippen LogP contribution is 2.41. The van der Waals surface area contributed by atoms with E-state index in [0.717, 1.165) is 99.6 Å². The lowest BCUT2D eigenvalue weighted by Crippen LogP contribution is -2.47. The Morgan fingerprint density at radius 1 is 1.03 bits per heavy atom. The minimum atomic E-state index is -0.524. The van der Waals surface area contributed by atoms with Crippen LogP contribution >= 0.6 is 0 Å². The number of carbonyl (C=O) groups excluding carboxylic acids is 1. The van der Waals surface area contributed by atoms with E-state index < -0.39 is 6.10 Å². The molecule has 37 heavy (non-hydrogen) atoms. The number of carbonyl (C=O) groups is 1. The van der Waals surface area contributed by atoms with Crippen LogP contribution in [-0.2, 0) is 16.0 Å². The number of hydrogen-bond donors (Lipinski definition) is 1. The van der Waals surface area contributed by atoms with E-state index in [1.807, 2.05) is 12.1 Å². The van der Waals surface area contributed by atoms with Gasteiger partial charge in [0.25, 0.3) is 5.91 Å². The van der Waals surface area contributed by atoms with Crippen molar-refractivity contribution in [2.75, 3.05) is 81.3 Å². The molecule has 3 heterocycles. The number of aryl methyl sites for hydroxylation is 1. The molecule has 2 saturated heterocycles. The Kier molecular flexibility index (Phi) is 8.36. The highest BCUT2D eigenvalue weighted by atomic mass is 16.5. The second-order valence-electron chi connectivity index (χ2n) is 10.1. The Morgan fingerprint density at radius 2 is 1.78 bits per heavy atom. The van der Waals surface area contributed by atoms with Crippen molar-refractivity contribution in [2.45, 2.75) is 38.7 Å². The molecule has 0 saturated carbocycles. The number of hydrogen-bond acceptors (Lipinski definition) is 7. The van der Waals surface area contributed by atoms with Crippen LogP contribution in [0.4, 0.5) is 17.1 Å². The van der Waals surface area contributed by atoms with Crippen LogP contribution in [0.25, 0.3) is 0 Å². The molecule has 3 aliphatic heterocycles. The van der Waals surface area contributed by atoms with Crippen molar-refractivity contribution in [1.29, 1.82) is 0 Å². The smallest absolute Gasteiger partial charge is 0.265 e. The van der Waals surface area contributed by atoms with Gasteiger partial charge < -0.3 is 29.3 Å². The number of morpholine rings is 1. The number of benzene rings is 2. The molecule has 1 unspecified atom stereocenters. The minimum absolute atomic E-state index is 0.101. The molecular formula is C29H40N4O4. The molecule has 0 aromatic heterocycles. The maximum absolute atomic E-state index is 13.2. The van der Waals surface area contributed by atoms with E-state index in [1.165, 1.54) is 12.8 Å². The van der Waals surface area contributed by atoms with E-state index in [9.17, 15) is 4.79 Å². The molecular weight excluding hydrogens is 468 g/mol. The van der Waals surface area contributed by atoms with Crippen molar-refractivity contribution in [1.82, 2.24) is 4.90 Å². The van der Waals surface area contributed by atoms with Crippen LogP contribution in [0, 0.1) is 0 Å². The molecule has 3 aliphatic rings. The van der Waals surface area contributed by atoms with Crippen LogP contribution in [0.2, 0.25) is 0 Å². The molecule has 8 heteroatoms. The summed E-state index contributed by atoms with van der Waals surface area (Å²) in [5.41, 5.74) is 4.09. The number of nitrogens with one attached hydrogen (secondary N) is 1. The standard InChI is InChI=1S/C29H40N4O4/c1-3-4-11-31-12-14-33(15-13-31)26-21-25(35-2)20-22-5-10-27(37-28(22)26)29(34)30-23-6-8-24(9-7-23)32-16-18-36-19-17-32/h6-9,20-21,27H,3-5,10-19H2,1-2H3,(H,30,34). The summed E-state index contributed by atoms with van der Waals surface area (Å²) in [4.78, 5) is 20.4. The van der Waals surface area contributed by atoms with Gasteiger partial charge in [-0.25, -0.2) is 0 Å². The zero-order valence-electron chi connectivity index (χ0n) is 22.2. The molecule has 1 atom stereocenters. The molecule has 0 radical (unpaired) electrons. The van der Waals surface area contributed by atoms with Gasteiger partial charge in [0.2, 0.25) is 0 Å². The van der Waals surface area contributed by atoms with Crippen LogP contribution in [-0.4, -0.2) is 83.0 Å². The third-order valence-corrected chi connectivity index (χ3v) is 7.64. The lowest BCUT2D eigenvalue weighted by Gasteiger charge is -2.38. The number of unbranched alkanes of at least 4 members (excludes halogenated alkanes) is 1. The number of anilines is 3. The maximum atomic E-state index is 13.2. The monoisotopic (exact) mass is 508 g/mol. The summed E-state index contributed by atoms with van der Waals surface area (Å²) in [6.45, 7) is 10.6. The number of rotatable bonds is 8. The second-order valence-corrected chi connectivity index (χ2v) is 10.1. The Hall–Kier alpha value is -2.97. The van der Waals surface area contributed by atoms with Gasteiger partial charge in [-0.3, -0.25) is 9.69 Å². The lowest BCUT2D eigenvalue weighted by molar-refractivity contribution is -0.123. The first kappa shape index (κ1) is 25.7. The normalized spacial score (nSPS) is 20.2. The van der Waals surface area contributed by atoms with Gasteiger partial charge in [-0.1, -0.05) is 13.3 Å². The predicted octanol–water partition coefficient (Wildman–Crippen LogP) is 3.79.